The van der Waals surface area contributed by atoms with E-state index in [0.29, 0.717) is 11.3 Å². The van der Waals surface area contributed by atoms with Crippen LogP contribution in [0.3, 0.4) is 0 Å². The molecule has 0 aliphatic rings. The van der Waals surface area contributed by atoms with E-state index < -0.39 is 32.7 Å². The van der Waals surface area contributed by atoms with Crippen LogP contribution in [0.25, 0.3) is 11.0 Å². The minimum atomic E-state index is -4.18. The van der Waals surface area contributed by atoms with E-state index in [9.17, 15) is 17.6 Å². The molecule has 0 saturated heterocycles. The largest absolute Gasteiger partial charge is 0.323 e. The van der Waals surface area contributed by atoms with Gasteiger partial charge in [0.1, 0.15) is 10.7 Å². The predicted octanol–water partition coefficient (Wildman–Crippen LogP) is 2.46. The van der Waals surface area contributed by atoms with Crippen molar-refractivity contribution in [2.45, 2.75) is 37.8 Å². The Bertz CT molecular complexity index is 1130. The fourth-order valence-corrected chi connectivity index (χ4v) is 3.93. The number of rotatable bonds is 6. The summed E-state index contributed by atoms with van der Waals surface area (Å²) in [5, 5.41) is 7.60. The summed E-state index contributed by atoms with van der Waals surface area (Å²) < 4.78 is 42.3. The lowest BCUT2D eigenvalue weighted by atomic mass is 10.3. The van der Waals surface area contributed by atoms with Crippen LogP contribution in [-0.4, -0.2) is 35.1 Å². The smallest absolute Gasteiger partial charge is 0.244 e. The minimum absolute atomic E-state index is 0.137. The molecule has 10 heteroatoms. The average Bonchev–Trinajstić information content (AvgIpc) is 3.05. The second-order valence-electron chi connectivity index (χ2n) is 6.58. The Morgan fingerprint density at radius 2 is 1.89 bits per heavy atom. The summed E-state index contributed by atoms with van der Waals surface area (Å²) >= 11 is 0. The van der Waals surface area contributed by atoms with Gasteiger partial charge in [0.05, 0.1) is 24.1 Å². The number of anilines is 1. The summed E-state index contributed by atoms with van der Waals surface area (Å²) in [5.74, 6) is -1.49. The quantitative estimate of drug-likeness (QED) is 0.655. The fraction of sp³-hybridized carbons (Fsp3) is 0.278. The lowest BCUT2D eigenvalue weighted by Gasteiger charge is -2.15. The van der Waals surface area contributed by atoms with E-state index in [0.717, 1.165) is 17.5 Å². The van der Waals surface area contributed by atoms with Crippen molar-refractivity contribution in [2.24, 2.45) is 0 Å². The first-order chi connectivity index (χ1) is 13.2. The summed E-state index contributed by atoms with van der Waals surface area (Å²) in [6, 6.07) is 5.67. The van der Waals surface area contributed by atoms with Crippen molar-refractivity contribution < 1.29 is 17.6 Å². The van der Waals surface area contributed by atoms with E-state index in [1.54, 1.807) is 16.9 Å². The van der Waals surface area contributed by atoms with Gasteiger partial charge in [-0.3, -0.25) is 4.79 Å². The summed E-state index contributed by atoms with van der Waals surface area (Å²) in [6.45, 7) is 5.33. The van der Waals surface area contributed by atoms with Gasteiger partial charge in [0.15, 0.2) is 5.65 Å². The Morgan fingerprint density at radius 1 is 1.18 bits per heavy atom. The third-order valence-corrected chi connectivity index (χ3v) is 5.62. The highest BCUT2D eigenvalue weighted by Gasteiger charge is 2.24. The van der Waals surface area contributed by atoms with Crippen molar-refractivity contribution in [3.05, 3.63) is 48.5 Å². The summed E-state index contributed by atoms with van der Waals surface area (Å²) in [6.07, 6.45) is 3.11. The van der Waals surface area contributed by atoms with Crippen LogP contribution in [-0.2, 0) is 14.8 Å². The Balaban J connectivity index is 1.74. The molecule has 0 unspecified atom stereocenters. The lowest BCUT2D eigenvalue weighted by Crippen LogP contribution is -2.41. The highest BCUT2D eigenvalue weighted by Crippen LogP contribution is 2.19. The number of hydrogen-bond donors (Lipinski definition) is 2. The normalized spacial score (nSPS) is 13.0. The molecule has 0 spiro atoms. The van der Waals surface area contributed by atoms with Gasteiger partial charge in [-0.2, -0.15) is 9.82 Å². The van der Waals surface area contributed by atoms with Gasteiger partial charge in [-0.15, -0.1) is 0 Å². The molecule has 0 bridgehead atoms. The maximum Gasteiger partial charge on any atom is 0.244 e. The SMILES string of the molecule is CC(C)n1ncc2cc(NC(=O)[C@H](C)NS(=O)(=O)c3ccccc3F)cnc21. The molecule has 0 aliphatic carbocycles. The van der Waals surface area contributed by atoms with Crippen molar-refractivity contribution in [3.63, 3.8) is 0 Å². The lowest BCUT2D eigenvalue weighted by molar-refractivity contribution is -0.117. The molecule has 8 nitrogen and oxygen atoms in total. The molecule has 2 aromatic heterocycles. The van der Waals surface area contributed by atoms with E-state index in [2.05, 4.69) is 20.1 Å². The third kappa shape index (κ3) is 4.02. The molecule has 0 radical (unpaired) electrons. The van der Waals surface area contributed by atoms with Crippen LogP contribution in [0.5, 0.6) is 0 Å². The van der Waals surface area contributed by atoms with Gasteiger partial charge in [-0.25, -0.2) is 22.5 Å². The molecule has 3 aromatic rings. The molecule has 0 saturated carbocycles. The number of hydrogen-bond acceptors (Lipinski definition) is 5. The van der Waals surface area contributed by atoms with E-state index in [4.69, 9.17) is 0 Å². The molecule has 1 amide bonds. The third-order valence-electron chi connectivity index (χ3n) is 4.04. The molecular formula is C18H20FN5O3S. The van der Waals surface area contributed by atoms with Gasteiger partial charge in [-0.05, 0) is 39.0 Å². The zero-order valence-electron chi connectivity index (χ0n) is 15.5. The molecule has 28 heavy (non-hydrogen) atoms. The fourth-order valence-electron chi connectivity index (χ4n) is 2.65. The molecule has 3 rings (SSSR count). The van der Waals surface area contributed by atoms with Gasteiger partial charge in [0, 0.05) is 11.4 Å². The Kier molecular flexibility index (Phi) is 5.43. The number of carbonyl (C=O) groups excluding carboxylic acids is 1. The second kappa shape index (κ2) is 7.64. The molecule has 1 atom stereocenters. The summed E-state index contributed by atoms with van der Waals surface area (Å²) in [7, 11) is -4.18. The number of nitrogens with zero attached hydrogens (tertiary/aromatic N) is 3. The number of pyridine rings is 1. The van der Waals surface area contributed by atoms with Crippen molar-refractivity contribution in [1.82, 2.24) is 19.5 Å². The van der Waals surface area contributed by atoms with Crippen molar-refractivity contribution >= 4 is 32.7 Å². The van der Waals surface area contributed by atoms with Gasteiger partial charge >= 0.3 is 0 Å². The first-order valence-corrected chi connectivity index (χ1v) is 10.1. The number of fused-ring (bicyclic) bond motifs is 1. The van der Waals surface area contributed by atoms with Crippen LogP contribution in [0.4, 0.5) is 10.1 Å². The molecule has 2 N–H and O–H groups in total. The summed E-state index contributed by atoms with van der Waals surface area (Å²) in [5.41, 5.74) is 1.08. The summed E-state index contributed by atoms with van der Waals surface area (Å²) in [4.78, 5) is 16.2. The highest BCUT2D eigenvalue weighted by molar-refractivity contribution is 7.89. The predicted molar refractivity (Wildman–Crippen MR) is 103 cm³/mol. The molecule has 1 aromatic carbocycles. The number of halogens is 1. The Morgan fingerprint density at radius 3 is 2.57 bits per heavy atom. The van der Waals surface area contributed by atoms with E-state index in [1.807, 2.05) is 13.8 Å². The zero-order chi connectivity index (χ0) is 20.5. The Labute approximate surface area is 161 Å². The molecular weight excluding hydrogens is 385 g/mol. The standard InChI is InChI=1S/C18H20FN5O3S/c1-11(2)24-17-13(9-21-24)8-14(10-20-17)22-18(25)12(3)23-28(26,27)16-7-5-4-6-15(16)19/h4-12,23H,1-3H3,(H,22,25)/t12-/m0/s1. The van der Waals surface area contributed by atoms with E-state index >= 15 is 0 Å². The van der Waals surface area contributed by atoms with Crippen LogP contribution in [0.2, 0.25) is 0 Å². The van der Waals surface area contributed by atoms with Crippen LogP contribution in [0.15, 0.2) is 47.6 Å². The molecule has 0 fully saturated rings. The van der Waals surface area contributed by atoms with E-state index in [1.165, 1.54) is 25.3 Å². The molecule has 2 heterocycles. The topological polar surface area (TPSA) is 106 Å². The Hall–Kier alpha value is -2.85. The van der Waals surface area contributed by atoms with E-state index in [-0.39, 0.29) is 6.04 Å². The number of amides is 1. The number of carbonyl (C=O) groups is 1. The molecule has 148 valence electrons. The van der Waals surface area contributed by atoms with Crippen LogP contribution in [0, 0.1) is 5.82 Å². The van der Waals surface area contributed by atoms with Crippen LogP contribution >= 0.6 is 0 Å². The first kappa shape index (κ1) is 19.9. The minimum Gasteiger partial charge on any atom is -0.323 e. The maximum absolute atomic E-state index is 13.8. The van der Waals surface area contributed by atoms with Crippen molar-refractivity contribution in [1.29, 1.82) is 0 Å². The van der Waals surface area contributed by atoms with Crippen molar-refractivity contribution in [3.8, 4) is 0 Å². The van der Waals surface area contributed by atoms with Crippen LogP contribution in [0.1, 0.15) is 26.8 Å². The average molecular weight is 405 g/mol. The number of benzene rings is 1. The van der Waals surface area contributed by atoms with Gasteiger partial charge in [0.2, 0.25) is 15.9 Å². The monoisotopic (exact) mass is 405 g/mol. The second-order valence-corrected chi connectivity index (χ2v) is 8.26. The number of aromatic nitrogens is 3. The molecule has 0 aliphatic heterocycles. The van der Waals surface area contributed by atoms with Gasteiger partial charge < -0.3 is 5.32 Å². The zero-order valence-corrected chi connectivity index (χ0v) is 16.4. The van der Waals surface area contributed by atoms with Gasteiger partial charge in [-0.1, -0.05) is 12.1 Å². The van der Waals surface area contributed by atoms with Crippen molar-refractivity contribution in [2.75, 3.05) is 5.32 Å². The number of sulfonamides is 1. The van der Waals surface area contributed by atoms with Crippen LogP contribution < -0.4 is 10.0 Å². The number of nitrogens with one attached hydrogen (secondary N) is 2. The maximum atomic E-state index is 13.8. The highest BCUT2D eigenvalue weighted by atomic mass is 32.2. The first-order valence-electron chi connectivity index (χ1n) is 8.60. The van der Waals surface area contributed by atoms with Gasteiger partial charge in [0.25, 0.3) is 0 Å².